The van der Waals surface area contributed by atoms with Crippen LogP contribution in [0, 0.1) is 0 Å². The number of amides is 1. The molecule has 1 fully saturated rings. The highest BCUT2D eigenvalue weighted by atomic mass is 16.5. The third-order valence-corrected chi connectivity index (χ3v) is 3.91. The predicted molar refractivity (Wildman–Crippen MR) is 88.8 cm³/mol. The Morgan fingerprint density at radius 1 is 1.08 bits per heavy atom. The number of carbonyl (C=O) groups excluding carboxylic acids is 2. The van der Waals surface area contributed by atoms with Crippen LogP contribution in [0.1, 0.15) is 30.3 Å². The molecule has 0 bridgehead atoms. The molecular formula is C19H19NO4. The molecule has 0 aliphatic carbocycles. The molecule has 0 spiro atoms. The van der Waals surface area contributed by atoms with Gasteiger partial charge in [0.05, 0.1) is 6.26 Å². The number of hydrogen-bond donors (Lipinski definition) is 0. The SMILES string of the molecule is O=C(/C=C/c1ccco1)O[C@@H](C(=O)N1CCCC1)c1ccccc1. The zero-order valence-electron chi connectivity index (χ0n) is 13.3. The summed E-state index contributed by atoms with van der Waals surface area (Å²) in [7, 11) is 0. The van der Waals surface area contributed by atoms with Crippen LogP contribution in [0.2, 0.25) is 0 Å². The molecular weight excluding hydrogens is 306 g/mol. The van der Waals surface area contributed by atoms with E-state index in [0.29, 0.717) is 24.4 Å². The molecule has 5 heteroatoms. The van der Waals surface area contributed by atoms with E-state index in [0.717, 1.165) is 12.8 Å². The molecule has 2 heterocycles. The van der Waals surface area contributed by atoms with Gasteiger partial charge in [-0.1, -0.05) is 30.3 Å². The van der Waals surface area contributed by atoms with Gasteiger partial charge in [-0.05, 0) is 31.1 Å². The number of likely N-dealkylation sites (tertiary alicyclic amines) is 1. The van der Waals surface area contributed by atoms with E-state index in [1.54, 1.807) is 29.2 Å². The van der Waals surface area contributed by atoms with Crippen molar-refractivity contribution in [3.05, 3.63) is 66.1 Å². The van der Waals surface area contributed by atoms with E-state index >= 15 is 0 Å². The van der Waals surface area contributed by atoms with Crippen LogP contribution in [-0.4, -0.2) is 29.9 Å². The fraction of sp³-hybridized carbons (Fsp3) is 0.263. The Hall–Kier alpha value is -2.82. The van der Waals surface area contributed by atoms with Crippen LogP contribution < -0.4 is 0 Å². The highest BCUT2D eigenvalue weighted by molar-refractivity contribution is 5.90. The van der Waals surface area contributed by atoms with E-state index in [9.17, 15) is 9.59 Å². The van der Waals surface area contributed by atoms with Crippen LogP contribution in [0.15, 0.2) is 59.2 Å². The van der Waals surface area contributed by atoms with Gasteiger partial charge in [-0.15, -0.1) is 0 Å². The van der Waals surface area contributed by atoms with Crippen LogP contribution in [0.5, 0.6) is 0 Å². The maximum absolute atomic E-state index is 12.7. The third-order valence-electron chi connectivity index (χ3n) is 3.91. The number of furan rings is 1. The molecule has 1 aliphatic heterocycles. The number of carbonyl (C=O) groups is 2. The Morgan fingerprint density at radius 3 is 2.50 bits per heavy atom. The van der Waals surface area contributed by atoms with Crippen molar-refractivity contribution in [2.45, 2.75) is 18.9 Å². The molecule has 1 aliphatic rings. The molecule has 5 nitrogen and oxygen atoms in total. The first-order valence-electron chi connectivity index (χ1n) is 8.00. The topological polar surface area (TPSA) is 59.8 Å². The Balaban J connectivity index is 1.74. The van der Waals surface area contributed by atoms with E-state index in [1.807, 2.05) is 18.2 Å². The highest BCUT2D eigenvalue weighted by Gasteiger charge is 2.30. The highest BCUT2D eigenvalue weighted by Crippen LogP contribution is 2.23. The lowest BCUT2D eigenvalue weighted by atomic mass is 10.1. The fourth-order valence-corrected chi connectivity index (χ4v) is 2.68. The zero-order chi connectivity index (χ0) is 16.8. The van der Waals surface area contributed by atoms with Crippen LogP contribution in [-0.2, 0) is 14.3 Å². The molecule has 0 radical (unpaired) electrons. The minimum atomic E-state index is -0.918. The molecule has 1 atom stereocenters. The summed E-state index contributed by atoms with van der Waals surface area (Å²) in [5.74, 6) is -0.194. The normalized spacial score (nSPS) is 15.6. The number of rotatable bonds is 5. The standard InChI is InChI=1S/C19H19NO4/c21-17(11-10-16-9-6-14-23-16)24-18(15-7-2-1-3-8-15)19(22)20-12-4-5-13-20/h1-3,6-11,14,18H,4-5,12-13H2/b11-10+/t18-/m1/s1. The second kappa shape index (κ2) is 7.64. The van der Waals surface area contributed by atoms with Crippen LogP contribution in [0.4, 0.5) is 0 Å². The van der Waals surface area contributed by atoms with Gasteiger partial charge in [0.25, 0.3) is 5.91 Å². The number of nitrogens with zero attached hydrogens (tertiary/aromatic N) is 1. The summed E-state index contributed by atoms with van der Waals surface area (Å²) >= 11 is 0. The average Bonchev–Trinajstić information content (AvgIpc) is 3.31. The molecule has 0 N–H and O–H groups in total. The van der Waals surface area contributed by atoms with E-state index < -0.39 is 12.1 Å². The van der Waals surface area contributed by atoms with Crippen molar-refractivity contribution in [2.75, 3.05) is 13.1 Å². The van der Waals surface area contributed by atoms with Gasteiger partial charge in [0.2, 0.25) is 6.10 Å². The monoisotopic (exact) mass is 325 g/mol. The largest absolute Gasteiger partial charge is 0.465 e. The van der Waals surface area contributed by atoms with Gasteiger partial charge in [-0.2, -0.15) is 0 Å². The second-order valence-corrected chi connectivity index (χ2v) is 5.61. The molecule has 2 aromatic rings. The molecule has 1 saturated heterocycles. The quantitative estimate of drug-likeness (QED) is 0.626. The van der Waals surface area contributed by atoms with Crippen molar-refractivity contribution in [2.24, 2.45) is 0 Å². The number of hydrogen-bond acceptors (Lipinski definition) is 4. The summed E-state index contributed by atoms with van der Waals surface area (Å²) in [4.78, 5) is 26.6. The van der Waals surface area contributed by atoms with Crippen molar-refractivity contribution >= 4 is 18.0 Å². The molecule has 1 aromatic heterocycles. The van der Waals surface area contributed by atoms with Crippen molar-refractivity contribution in [1.82, 2.24) is 4.90 Å². The van der Waals surface area contributed by atoms with Crippen molar-refractivity contribution < 1.29 is 18.7 Å². The molecule has 1 aromatic carbocycles. The van der Waals surface area contributed by atoms with Gasteiger partial charge in [0, 0.05) is 24.7 Å². The first-order valence-corrected chi connectivity index (χ1v) is 8.00. The summed E-state index contributed by atoms with van der Waals surface area (Å²) in [5.41, 5.74) is 0.675. The number of esters is 1. The average molecular weight is 325 g/mol. The number of benzene rings is 1. The molecule has 1 amide bonds. The molecule has 24 heavy (non-hydrogen) atoms. The Kier molecular flexibility index (Phi) is 5.11. The van der Waals surface area contributed by atoms with Gasteiger partial charge in [0.1, 0.15) is 5.76 Å². The Labute approximate surface area is 140 Å². The number of ether oxygens (including phenoxy) is 1. The van der Waals surface area contributed by atoms with Crippen LogP contribution in [0.25, 0.3) is 6.08 Å². The Morgan fingerprint density at radius 2 is 1.83 bits per heavy atom. The van der Waals surface area contributed by atoms with Gasteiger partial charge in [-0.25, -0.2) is 4.79 Å². The Bertz CT molecular complexity index is 700. The van der Waals surface area contributed by atoms with Gasteiger partial charge in [-0.3, -0.25) is 4.79 Å². The minimum absolute atomic E-state index is 0.168. The van der Waals surface area contributed by atoms with Gasteiger partial charge >= 0.3 is 5.97 Å². The minimum Gasteiger partial charge on any atom is -0.465 e. The lowest BCUT2D eigenvalue weighted by Gasteiger charge is -2.23. The van der Waals surface area contributed by atoms with E-state index in [1.165, 1.54) is 18.4 Å². The van der Waals surface area contributed by atoms with E-state index in [4.69, 9.17) is 9.15 Å². The lowest BCUT2D eigenvalue weighted by Crippen LogP contribution is -2.34. The first kappa shape index (κ1) is 16.1. The summed E-state index contributed by atoms with van der Waals surface area (Å²) < 4.78 is 10.6. The molecule has 0 saturated carbocycles. The third kappa shape index (κ3) is 3.93. The van der Waals surface area contributed by atoms with Crippen molar-refractivity contribution in [1.29, 1.82) is 0 Å². The first-order chi connectivity index (χ1) is 11.7. The molecule has 124 valence electrons. The van der Waals surface area contributed by atoms with Crippen molar-refractivity contribution in [3.8, 4) is 0 Å². The van der Waals surface area contributed by atoms with Crippen LogP contribution in [0.3, 0.4) is 0 Å². The summed E-state index contributed by atoms with van der Waals surface area (Å²) in [6.07, 6.45) is 5.36. The summed E-state index contributed by atoms with van der Waals surface area (Å²) in [5, 5.41) is 0. The van der Waals surface area contributed by atoms with Gasteiger partial charge in [0.15, 0.2) is 0 Å². The maximum Gasteiger partial charge on any atom is 0.332 e. The predicted octanol–water partition coefficient (Wildman–Crippen LogP) is 3.20. The zero-order valence-corrected chi connectivity index (χ0v) is 13.3. The van der Waals surface area contributed by atoms with Crippen molar-refractivity contribution in [3.63, 3.8) is 0 Å². The van der Waals surface area contributed by atoms with Crippen LogP contribution >= 0.6 is 0 Å². The smallest absolute Gasteiger partial charge is 0.332 e. The lowest BCUT2D eigenvalue weighted by molar-refractivity contribution is -0.156. The molecule has 0 unspecified atom stereocenters. The van der Waals surface area contributed by atoms with E-state index in [2.05, 4.69) is 0 Å². The maximum atomic E-state index is 12.7. The van der Waals surface area contributed by atoms with E-state index in [-0.39, 0.29) is 5.91 Å². The summed E-state index contributed by atoms with van der Waals surface area (Å²) in [6.45, 7) is 1.42. The summed E-state index contributed by atoms with van der Waals surface area (Å²) in [6, 6.07) is 12.6. The second-order valence-electron chi connectivity index (χ2n) is 5.61. The molecule has 3 rings (SSSR count). The van der Waals surface area contributed by atoms with Gasteiger partial charge < -0.3 is 14.1 Å². The fourth-order valence-electron chi connectivity index (χ4n) is 2.68.